The molecule has 4 nitrogen and oxygen atoms in total. The van der Waals surface area contributed by atoms with Gasteiger partial charge in [0.1, 0.15) is 11.4 Å². The fraction of sp³-hybridized carbons (Fsp3) is 0.222. The number of halogens is 1. The van der Waals surface area contributed by atoms with Crippen LogP contribution in [0.15, 0.2) is 53.5 Å². The molecule has 0 aliphatic carbocycles. The molecule has 0 aromatic heterocycles. The van der Waals surface area contributed by atoms with Crippen molar-refractivity contribution in [3.05, 3.63) is 65.5 Å². The molecule has 0 fully saturated rings. The Labute approximate surface area is 133 Å². The number of hydrogen-bond acceptors (Lipinski definition) is 3. The molecule has 1 amide bonds. The third kappa shape index (κ3) is 2.24. The topological polar surface area (TPSA) is 53.5 Å². The van der Waals surface area contributed by atoms with Crippen LogP contribution in [0.3, 0.4) is 0 Å². The molecule has 0 saturated carbocycles. The first kappa shape index (κ1) is 14.1. The van der Waals surface area contributed by atoms with Gasteiger partial charge in [-0.2, -0.15) is 0 Å². The average Bonchev–Trinajstić information content (AvgIpc) is 2.74. The molecule has 4 rings (SSSR count). The van der Waals surface area contributed by atoms with Crippen LogP contribution >= 0.6 is 0 Å². The van der Waals surface area contributed by atoms with Gasteiger partial charge in [0.25, 0.3) is 0 Å². The quantitative estimate of drug-likeness (QED) is 0.850. The summed E-state index contributed by atoms with van der Waals surface area (Å²) < 4.78 is 13.8. The van der Waals surface area contributed by atoms with Crippen molar-refractivity contribution in [1.29, 1.82) is 0 Å². The monoisotopic (exact) mass is 309 g/mol. The summed E-state index contributed by atoms with van der Waals surface area (Å²) in [5.74, 6) is -0.493. The van der Waals surface area contributed by atoms with Gasteiger partial charge in [-0.15, -0.1) is 0 Å². The van der Waals surface area contributed by atoms with E-state index >= 15 is 0 Å². The van der Waals surface area contributed by atoms with Crippen LogP contribution < -0.4 is 10.6 Å². The minimum absolute atomic E-state index is 0.149. The molecule has 2 aromatic carbocycles. The number of carbonyl (C=O) groups is 1. The van der Waals surface area contributed by atoms with Crippen LogP contribution in [0.2, 0.25) is 0 Å². The van der Waals surface area contributed by atoms with Gasteiger partial charge in [-0.25, -0.2) is 4.39 Å². The van der Waals surface area contributed by atoms with Crippen molar-refractivity contribution in [2.45, 2.75) is 12.0 Å². The van der Waals surface area contributed by atoms with E-state index in [1.54, 1.807) is 6.07 Å². The molecule has 1 atom stereocenters. The van der Waals surface area contributed by atoms with Crippen LogP contribution in [0, 0.1) is 5.82 Å². The maximum atomic E-state index is 13.8. The first-order valence-corrected chi connectivity index (χ1v) is 7.64. The second kappa shape index (κ2) is 5.28. The molecular weight excluding hydrogens is 293 g/mol. The van der Waals surface area contributed by atoms with E-state index in [-0.39, 0.29) is 11.7 Å². The molecule has 0 saturated heterocycles. The Morgan fingerprint density at radius 3 is 2.78 bits per heavy atom. The molecule has 116 valence electrons. The molecule has 2 heterocycles. The molecule has 2 aliphatic rings. The number of anilines is 1. The maximum Gasteiger partial charge on any atom is 0.249 e. The molecule has 23 heavy (non-hydrogen) atoms. The molecule has 5 heteroatoms. The largest absolute Gasteiger partial charge is 0.324 e. The maximum absolute atomic E-state index is 13.8. The van der Waals surface area contributed by atoms with Crippen LogP contribution in [-0.2, 0) is 10.3 Å². The van der Waals surface area contributed by atoms with E-state index in [1.165, 1.54) is 12.1 Å². The van der Waals surface area contributed by atoms with Crippen LogP contribution in [0.1, 0.15) is 17.5 Å². The van der Waals surface area contributed by atoms with Crippen LogP contribution in [0.25, 0.3) is 0 Å². The average molecular weight is 309 g/mol. The summed E-state index contributed by atoms with van der Waals surface area (Å²) in [5, 5.41) is 6.16. The molecule has 2 aromatic rings. The van der Waals surface area contributed by atoms with E-state index in [1.807, 2.05) is 30.3 Å². The lowest BCUT2D eigenvalue weighted by molar-refractivity contribution is -0.121. The second-order valence-corrected chi connectivity index (χ2v) is 5.85. The van der Waals surface area contributed by atoms with Gasteiger partial charge in [0.2, 0.25) is 5.91 Å². The van der Waals surface area contributed by atoms with Gasteiger partial charge < -0.3 is 5.32 Å². The smallest absolute Gasteiger partial charge is 0.249 e. The van der Waals surface area contributed by atoms with E-state index in [2.05, 4.69) is 15.6 Å². The van der Waals surface area contributed by atoms with E-state index in [9.17, 15) is 9.18 Å². The minimum atomic E-state index is -0.956. The molecule has 2 N–H and O–H groups in total. The van der Waals surface area contributed by atoms with E-state index in [4.69, 9.17) is 0 Å². The highest BCUT2D eigenvalue weighted by molar-refractivity contribution is 6.11. The summed E-state index contributed by atoms with van der Waals surface area (Å²) in [6, 6.07) is 14.2. The number of fused-ring (bicyclic) bond motifs is 2. The van der Waals surface area contributed by atoms with Gasteiger partial charge >= 0.3 is 0 Å². The zero-order valence-corrected chi connectivity index (χ0v) is 12.5. The van der Waals surface area contributed by atoms with E-state index in [0.29, 0.717) is 30.8 Å². The van der Waals surface area contributed by atoms with Gasteiger partial charge in [-0.3, -0.25) is 15.1 Å². The van der Waals surface area contributed by atoms with Crippen molar-refractivity contribution in [3.63, 3.8) is 0 Å². The van der Waals surface area contributed by atoms with Gasteiger partial charge in [-0.1, -0.05) is 30.3 Å². The van der Waals surface area contributed by atoms with Crippen LogP contribution in [0.4, 0.5) is 10.1 Å². The van der Waals surface area contributed by atoms with Crippen molar-refractivity contribution in [3.8, 4) is 0 Å². The zero-order valence-electron chi connectivity index (χ0n) is 12.5. The third-order valence-corrected chi connectivity index (χ3v) is 4.46. The summed E-state index contributed by atoms with van der Waals surface area (Å²) in [5.41, 5.74) is 2.23. The lowest BCUT2D eigenvalue weighted by atomic mass is 9.84. The lowest BCUT2D eigenvalue weighted by Gasteiger charge is -2.27. The number of aliphatic imine (C=N–C) groups is 1. The first-order valence-electron chi connectivity index (χ1n) is 7.64. The molecule has 0 bridgehead atoms. The Morgan fingerprint density at radius 2 is 1.96 bits per heavy atom. The number of hydrogen-bond donors (Lipinski definition) is 2. The number of carbonyl (C=O) groups excluding carboxylic acids is 1. The Bertz CT molecular complexity index is 803. The van der Waals surface area contributed by atoms with Crippen molar-refractivity contribution in [2.75, 3.05) is 18.4 Å². The Hall–Kier alpha value is -2.53. The number of benzene rings is 2. The summed E-state index contributed by atoms with van der Waals surface area (Å²) >= 11 is 0. The van der Waals surface area contributed by atoms with Crippen molar-refractivity contribution < 1.29 is 9.18 Å². The van der Waals surface area contributed by atoms with Gasteiger partial charge in [-0.05, 0) is 23.8 Å². The number of amides is 1. The van der Waals surface area contributed by atoms with Gasteiger partial charge in [0.15, 0.2) is 0 Å². The first-order chi connectivity index (χ1) is 11.2. The second-order valence-electron chi connectivity index (χ2n) is 5.85. The molecular formula is C18H16FN3O. The summed E-state index contributed by atoms with van der Waals surface area (Å²) in [4.78, 5) is 17.3. The fourth-order valence-electron chi connectivity index (χ4n) is 3.33. The predicted octanol–water partition coefficient (Wildman–Crippen LogP) is 2.46. The Kier molecular flexibility index (Phi) is 3.23. The highest BCUT2D eigenvalue weighted by Crippen LogP contribution is 2.40. The predicted molar refractivity (Wildman–Crippen MR) is 87.2 cm³/mol. The summed E-state index contributed by atoms with van der Waals surface area (Å²) in [6.45, 7) is 1.16. The minimum Gasteiger partial charge on any atom is -0.324 e. The van der Waals surface area contributed by atoms with Crippen molar-refractivity contribution in [2.24, 2.45) is 4.99 Å². The molecule has 1 unspecified atom stereocenters. The Morgan fingerprint density at radius 1 is 1.13 bits per heavy atom. The highest BCUT2D eigenvalue weighted by atomic mass is 19.1. The standard InChI is InChI=1S/C18H16FN3O/c19-13-6-7-15-14(10-13)18(17(23)22-15)11-16(20-8-9-21-18)12-4-2-1-3-5-12/h1-7,10,21H,8-9,11H2,(H,22,23). The zero-order chi connectivity index (χ0) is 15.9. The highest BCUT2D eigenvalue weighted by Gasteiger charge is 2.48. The summed E-state index contributed by atoms with van der Waals surface area (Å²) in [6.07, 6.45) is 0.402. The van der Waals surface area contributed by atoms with Crippen molar-refractivity contribution >= 4 is 17.3 Å². The van der Waals surface area contributed by atoms with Gasteiger partial charge in [0, 0.05) is 29.9 Å². The van der Waals surface area contributed by atoms with E-state index < -0.39 is 5.54 Å². The third-order valence-electron chi connectivity index (χ3n) is 4.46. The van der Waals surface area contributed by atoms with Crippen LogP contribution in [0.5, 0.6) is 0 Å². The number of nitrogens with zero attached hydrogens (tertiary/aromatic N) is 1. The van der Waals surface area contributed by atoms with Gasteiger partial charge in [0.05, 0.1) is 6.54 Å². The Balaban J connectivity index is 1.81. The number of rotatable bonds is 1. The lowest BCUT2D eigenvalue weighted by Crippen LogP contribution is -2.49. The van der Waals surface area contributed by atoms with Crippen molar-refractivity contribution in [1.82, 2.24) is 5.32 Å². The molecule has 1 spiro atoms. The fourth-order valence-corrected chi connectivity index (χ4v) is 3.33. The molecule has 0 radical (unpaired) electrons. The van der Waals surface area contributed by atoms with Crippen LogP contribution in [-0.4, -0.2) is 24.7 Å². The normalized spacial score (nSPS) is 23.2. The summed E-state index contributed by atoms with van der Waals surface area (Å²) in [7, 11) is 0. The SMILES string of the molecule is O=C1Nc2ccc(F)cc2C12CC(c1ccccc1)=NCCN2. The van der Waals surface area contributed by atoms with E-state index in [0.717, 1.165) is 11.3 Å². The molecule has 2 aliphatic heterocycles. The number of nitrogens with one attached hydrogen (secondary N) is 2.